The number of halogens is 1. The van der Waals surface area contributed by atoms with E-state index in [-0.39, 0.29) is 5.43 Å². The fourth-order valence-electron chi connectivity index (χ4n) is 2.88. The Labute approximate surface area is 128 Å². The number of fused-ring (bicyclic) bond motifs is 1. The van der Waals surface area contributed by atoms with Crippen molar-refractivity contribution in [1.29, 1.82) is 0 Å². The third-order valence-electron chi connectivity index (χ3n) is 3.68. The lowest BCUT2D eigenvalue weighted by Crippen LogP contribution is -2.07. The Morgan fingerprint density at radius 1 is 1.00 bits per heavy atom. The zero-order valence-corrected chi connectivity index (χ0v) is 12.9. The van der Waals surface area contributed by atoms with Gasteiger partial charge in [-0.3, -0.25) is 4.79 Å². The van der Waals surface area contributed by atoms with Gasteiger partial charge < -0.3 is 4.42 Å². The fourth-order valence-corrected chi connectivity index (χ4v) is 3.05. The highest BCUT2D eigenvalue weighted by atomic mass is 35.5. The van der Waals surface area contributed by atoms with E-state index in [1.54, 1.807) is 24.5 Å². The van der Waals surface area contributed by atoms with Crippen LogP contribution in [0.15, 0.2) is 45.8 Å². The van der Waals surface area contributed by atoms with Crippen LogP contribution in [-0.4, -0.2) is 0 Å². The number of rotatable bonds is 1. The van der Waals surface area contributed by atoms with Crippen LogP contribution in [-0.2, 0) is 0 Å². The second kappa shape index (κ2) is 5.05. The Hall–Kier alpha value is -2.06. The molecule has 0 N–H and O–H groups in total. The summed E-state index contributed by atoms with van der Waals surface area (Å²) < 4.78 is 5.61. The van der Waals surface area contributed by atoms with E-state index in [9.17, 15) is 4.79 Å². The van der Waals surface area contributed by atoms with Gasteiger partial charge in [-0.05, 0) is 55.7 Å². The molecule has 0 atom stereocenters. The van der Waals surface area contributed by atoms with Crippen molar-refractivity contribution in [3.8, 4) is 11.1 Å². The van der Waals surface area contributed by atoms with Crippen molar-refractivity contribution in [2.24, 2.45) is 0 Å². The van der Waals surface area contributed by atoms with Crippen LogP contribution in [0.3, 0.4) is 0 Å². The predicted octanol–water partition coefficient (Wildman–Crippen LogP) is 5.04. The van der Waals surface area contributed by atoms with Gasteiger partial charge in [0.25, 0.3) is 0 Å². The lowest BCUT2D eigenvalue weighted by atomic mass is 9.94. The summed E-state index contributed by atoms with van der Waals surface area (Å²) >= 11 is 5.99. The summed E-state index contributed by atoms with van der Waals surface area (Å²) in [6, 6.07) is 9.24. The Morgan fingerprint density at radius 2 is 1.67 bits per heavy atom. The average Bonchev–Trinajstić information content (AvgIpc) is 2.41. The largest absolute Gasteiger partial charge is 0.463 e. The smallest absolute Gasteiger partial charge is 0.200 e. The highest BCUT2D eigenvalue weighted by Gasteiger charge is 2.14. The molecule has 0 amide bonds. The molecule has 0 aliphatic carbocycles. The van der Waals surface area contributed by atoms with Crippen molar-refractivity contribution in [1.82, 2.24) is 0 Å². The van der Waals surface area contributed by atoms with E-state index in [1.165, 1.54) is 5.56 Å². The van der Waals surface area contributed by atoms with Crippen LogP contribution < -0.4 is 5.43 Å². The van der Waals surface area contributed by atoms with E-state index in [2.05, 4.69) is 12.1 Å². The fraction of sp³-hybridized carbons (Fsp3) is 0.167. The standard InChI is InChI=1S/C18H15ClO2/c1-10-6-11(2)17(12(3)7-10)15-9-21-16-5-4-13(19)8-14(16)18(15)20/h4-9H,1-3H3. The van der Waals surface area contributed by atoms with E-state index in [4.69, 9.17) is 16.0 Å². The minimum atomic E-state index is -0.0474. The summed E-state index contributed by atoms with van der Waals surface area (Å²) in [5.74, 6) is 0. The van der Waals surface area contributed by atoms with Gasteiger partial charge in [0.15, 0.2) is 0 Å². The second-order valence-corrected chi connectivity index (χ2v) is 5.83. The minimum absolute atomic E-state index is 0.0474. The molecule has 0 radical (unpaired) electrons. The van der Waals surface area contributed by atoms with Gasteiger partial charge in [-0.1, -0.05) is 29.3 Å². The lowest BCUT2D eigenvalue weighted by Gasteiger charge is -2.11. The molecule has 2 nitrogen and oxygen atoms in total. The molecule has 0 aliphatic heterocycles. The Bertz CT molecular complexity index is 884. The van der Waals surface area contributed by atoms with Crippen LogP contribution in [0.4, 0.5) is 0 Å². The van der Waals surface area contributed by atoms with Crippen molar-refractivity contribution in [3.63, 3.8) is 0 Å². The van der Waals surface area contributed by atoms with E-state index in [1.807, 2.05) is 20.8 Å². The molecule has 3 aromatic rings. The first kappa shape index (κ1) is 13.9. The van der Waals surface area contributed by atoms with Crippen LogP contribution in [0.2, 0.25) is 5.02 Å². The van der Waals surface area contributed by atoms with Gasteiger partial charge >= 0.3 is 0 Å². The molecular weight excluding hydrogens is 284 g/mol. The molecule has 3 heteroatoms. The molecule has 0 saturated heterocycles. The van der Waals surface area contributed by atoms with Gasteiger partial charge in [-0.25, -0.2) is 0 Å². The number of benzene rings is 2. The maximum absolute atomic E-state index is 12.8. The predicted molar refractivity (Wildman–Crippen MR) is 87.1 cm³/mol. The maximum Gasteiger partial charge on any atom is 0.200 e. The lowest BCUT2D eigenvalue weighted by molar-refractivity contribution is 0.604. The summed E-state index contributed by atoms with van der Waals surface area (Å²) in [5.41, 5.74) is 5.35. The first-order valence-electron chi connectivity index (χ1n) is 6.76. The van der Waals surface area contributed by atoms with Crippen molar-refractivity contribution in [3.05, 3.63) is 68.5 Å². The average molecular weight is 299 g/mol. The quantitative estimate of drug-likeness (QED) is 0.630. The minimum Gasteiger partial charge on any atom is -0.463 e. The van der Waals surface area contributed by atoms with Gasteiger partial charge in [0.05, 0.1) is 10.9 Å². The van der Waals surface area contributed by atoms with Gasteiger partial charge in [0.2, 0.25) is 5.43 Å². The summed E-state index contributed by atoms with van der Waals surface area (Å²) in [4.78, 5) is 12.8. The van der Waals surface area contributed by atoms with Gasteiger partial charge in [-0.15, -0.1) is 0 Å². The highest BCUT2D eigenvalue weighted by molar-refractivity contribution is 6.31. The Morgan fingerprint density at radius 3 is 2.33 bits per heavy atom. The molecule has 0 bridgehead atoms. The van der Waals surface area contributed by atoms with Crippen LogP contribution in [0.1, 0.15) is 16.7 Å². The van der Waals surface area contributed by atoms with Crippen LogP contribution in [0.25, 0.3) is 22.1 Å². The molecule has 1 aromatic heterocycles. The van der Waals surface area contributed by atoms with Gasteiger partial charge in [0, 0.05) is 5.02 Å². The summed E-state index contributed by atoms with van der Waals surface area (Å²) in [6.45, 7) is 6.07. The van der Waals surface area contributed by atoms with Crippen molar-refractivity contribution < 1.29 is 4.42 Å². The van der Waals surface area contributed by atoms with Gasteiger partial charge in [0.1, 0.15) is 11.8 Å². The summed E-state index contributed by atoms with van der Waals surface area (Å²) in [7, 11) is 0. The van der Waals surface area contributed by atoms with E-state index in [0.717, 1.165) is 16.7 Å². The van der Waals surface area contributed by atoms with Crippen molar-refractivity contribution >= 4 is 22.6 Å². The molecule has 0 fully saturated rings. The third-order valence-corrected chi connectivity index (χ3v) is 3.92. The number of aryl methyl sites for hydroxylation is 3. The third kappa shape index (κ3) is 2.36. The molecule has 2 aromatic carbocycles. The molecule has 0 spiro atoms. The van der Waals surface area contributed by atoms with Crippen molar-refractivity contribution in [2.75, 3.05) is 0 Å². The second-order valence-electron chi connectivity index (χ2n) is 5.39. The van der Waals surface area contributed by atoms with Gasteiger partial charge in [-0.2, -0.15) is 0 Å². The Kier molecular flexibility index (Phi) is 3.34. The maximum atomic E-state index is 12.8. The van der Waals surface area contributed by atoms with E-state index >= 15 is 0 Å². The van der Waals surface area contributed by atoms with Crippen LogP contribution in [0.5, 0.6) is 0 Å². The SMILES string of the molecule is Cc1cc(C)c(-c2coc3ccc(Cl)cc3c2=O)c(C)c1. The molecular formula is C18H15ClO2. The molecule has 0 aliphatic rings. The zero-order chi connectivity index (χ0) is 15.1. The van der Waals surface area contributed by atoms with E-state index < -0.39 is 0 Å². The number of hydrogen-bond acceptors (Lipinski definition) is 2. The molecule has 0 unspecified atom stereocenters. The van der Waals surface area contributed by atoms with E-state index in [0.29, 0.717) is 21.6 Å². The van der Waals surface area contributed by atoms with Crippen molar-refractivity contribution in [2.45, 2.75) is 20.8 Å². The topological polar surface area (TPSA) is 30.2 Å². The molecule has 1 heterocycles. The first-order chi connectivity index (χ1) is 9.97. The zero-order valence-electron chi connectivity index (χ0n) is 12.2. The molecule has 106 valence electrons. The normalized spacial score (nSPS) is 11.0. The monoisotopic (exact) mass is 298 g/mol. The van der Waals surface area contributed by atoms with Crippen LogP contribution in [0, 0.1) is 20.8 Å². The van der Waals surface area contributed by atoms with Crippen LogP contribution >= 0.6 is 11.6 Å². The highest BCUT2D eigenvalue weighted by Crippen LogP contribution is 2.28. The first-order valence-corrected chi connectivity index (χ1v) is 7.14. The number of hydrogen-bond donors (Lipinski definition) is 0. The summed E-state index contributed by atoms with van der Waals surface area (Å²) in [6.07, 6.45) is 1.54. The summed E-state index contributed by atoms with van der Waals surface area (Å²) in [5, 5.41) is 1.05. The molecule has 3 rings (SSSR count). The Balaban J connectivity index is 2.37. The molecule has 21 heavy (non-hydrogen) atoms. The molecule has 0 saturated carbocycles.